The minimum absolute atomic E-state index is 0.725. The third-order valence-electron chi connectivity index (χ3n) is 5.05. The first-order valence-electron chi connectivity index (χ1n) is 9.21. The van der Waals surface area contributed by atoms with Gasteiger partial charge in [0.05, 0.1) is 6.61 Å². The standard InChI is InChI=1S/C22H32O/c1-3-5-6-17-23-18-22-15-13-21(14-16-22)12-11-20-9-7-19(4-2)8-10-20/h3-4,13-16,19-20H,1-2,5-12,17-18H2/t19-,20-. The molecule has 1 heteroatoms. The molecule has 1 aliphatic rings. The monoisotopic (exact) mass is 312 g/mol. The summed E-state index contributed by atoms with van der Waals surface area (Å²) in [5.74, 6) is 1.69. The predicted molar refractivity (Wildman–Crippen MR) is 99.5 cm³/mol. The van der Waals surface area contributed by atoms with Crippen LogP contribution in [0.3, 0.4) is 0 Å². The Hall–Kier alpha value is -1.34. The summed E-state index contributed by atoms with van der Waals surface area (Å²) in [7, 11) is 0. The van der Waals surface area contributed by atoms with Crippen molar-refractivity contribution in [3.63, 3.8) is 0 Å². The van der Waals surface area contributed by atoms with Crippen LogP contribution in [-0.4, -0.2) is 6.61 Å². The lowest BCUT2D eigenvalue weighted by atomic mass is 9.79. The predicted octanol–water partition coefficient (Wildman–Crippen LogP) is 6.09. The van der Waals surface area contributed by atoms with Gasteiger partial charge < -0.3 is 4.74 Å². The van der Waals surface area contributed by atoms with E-state index in [0.29, 0.717) is 0 Å². The van der Waals surface area contributed by atoms with Crippen molar-refractivity contribution in [2.24, 2.45) is 11.8 Å². The van der Waals surface area contributed by atoms with E-state index in [4.69, 9.17) is 4.74 Å². The molecule has 126 valence electrons. The van der Waals surface area contributed by atoms with Crippen LogP contribution in [0.5, 0.6) is 0 Å². The molecule has 1 saturated carbocycles. The zero-order valence-electron chi connectivity index (χ0n) is 14.5. The Morgan fingerprint density at radius 2 is 1.70 bits per heavy atom. The Labute approximate surface area is 142 Å². The Morgan fingerprint density at radius 1 is 1.00 bits per heavy atom. The molecule has 1 fully saturated rings. The van der Waals surface area contributed by atoms with Crippen LogP contribution >= 0.6 is 0 Å². The maximum atomic E-state index is 5.68. The van der Waals surface area contributed by atoms with Crippen LogP contribution in [0.4, 0.5) is 0 Å². The Balaban J connectivity index is 1.64. The van der Waals surface area contributed by atoms with E-state index >= 15 is 0 Å². The maximum Gasteiger partial charge on any atom is 0.0716 e. The van der Waals surface area contributed by atoms with E-state index in [-0.39, 0.29) is 0 Å². The topological polar surface area (TPSA) is 9.23 Å². The van der Waals surface area contributed by atoms with Crippen molar-refractivity contribution < 1.29 is 4.74 Å². The molecule has 1 aromatic carbocycles. The van der Waals surface area contributed by atoms with Gasteiger partial charge in [-0.1, -0.05) is 36.4 Å². The normalized spacial score (nSPS) is 21.0. The number of aryl methyl sites for hydroxylation is 1. The molecule has 0 unspecified atom stereocenters. The quantitative estimate of drug-likeness (QED) is 0.375. The number of rotatable bonds is 10. The van der Waals surface area contributed by atoms with Gasteiger partial charge in [-0.15, -0.1) is 13.2 Å². The van der Waals surface area contributed by atoms with Crippen molar-refractivity contribution in [1.29, 1.82) is 0 Å². The van der Waals surface area contributed by atoms with E-state index in [9.17, 15) is 0 Å². The average Bonchev–Trinajstić information content (AvgIpc) is 2.61. The lowest BCUT2D eigenvalue weighted by Crippen LogP contribution is -2.13. The maximum absolute atomic E-state index is 5.68. The minimum Gasteiger partial charge on any atom is -0.377 e. The fraction of sp³-hybridized carbons (Fsp3) is 0.545. The number of allylic oxidation sites excluding steroid dienone is 2. The Morgan fingerprint density at radius 3 is 2.35 bits per heavy atom. The summed E-state index contributed by atoms with van der Waals surface area (Å²) in [5.41, 5.74) is 2.74. The van der Waals surface area contributed by atoms with E-state index in [1.54, 1.807) is 0 Å². The van der Waals surface area contributed by atoms with E-state index < -0.39 is 0 Å². The van der Waals surface area contributed by atoms with Gasteiger partial charge in [0.25, 0.3) is 0 Å². The second-order valence-electron chi connectivity index (χ2n) is 6.86. The van der Waals surface area contributed by atoms with E-state index in [1.165, 1.54) is 49.7 Å². The summed E-state index contributed by atoms with van der Waals surface area (Å²) in [6, 6.07) is 8.99. The second kappa shape index (κ2) is 10.4. The molecule has 1 nitrogen and oxygen atoms in total. The number of benzene rings is 1. The fourth-order valence-corrected chi connectivity index (χ4v) is 3.41. The highest BCUT2D eigenvalue weighted by atomic mass is 16.5. The molecule has 0 saturated heterocycles. The van der Waals surface area contributed by atoms with Gasteiger partial charge in [-0.3, -0.25) is 0 Å². The van der Waals surface area contributed by atoms with Crippen LogP contribution in [0.25, 0.3) is 0 Å². The molecule has 0 spiro atoms. The zero-order valence-corrected chi connectivity index (χ0v) is 14.5. The van der Waals surface area contributed by atoms with Gasteiger partial charge in [0.1, 0.15) is 0 Å². The van der Waals surface area contributed by atoms with Gasteiger partial charge in [0, 0.05) is 6.61 Å². The molecular weight excluding hydrogens is 280 g/mol. The molecule has 0 radical (unpaired) electrons. The molecule has 1 aliphatic carbocycles. The fourth-order valence-electron chi connectivity index (χ4n) is 3.41. The third-order valence-corrected chi connectivity index (χ3v) is 5.05. The molecule has 0 atom stereocenters. The number of unbranched alkanes of at least 4 members (excludes halogenated alkanes) is 1. The Bertz CT molecular complexity index is 451. The molecule has 0 aromatic heterocycles. The molecular formula is C22H32O. The highest BCUT2D eigenvalue weighted by Crippen LogP contribution is 2.32. The molecule has 0 aliphatic heterocycles. The van der Waals surface area contributed by atoms with Gasteiger partial charge in [0.2, 0.25) is 0 Å². The number of ether oxygens (including phenoxy) is 1. The molecule has 0 bridgehead atoms. The summed E-state index contributed by atoms with van der Waals surface area (Å²) in [5, 5.41) is 0. The first kappa shape index (κ1) is 18.0. The van der Waals surface area contributed by atoms with E-state index in [1.807, 2.05) is 6.08 Å². The van der Waals surface area contributed by atoms with Crippen molar-refractivity contribution >= 4 is 0 Å². The van der Waals surface area contributed by atoms with Crippen LogP contribution in [-0.2, 0) is 17.8 Å². The number of hydrogen-bond acceptors (Lipinski definition) is 1. The van der Waals surface area contributed by atoms with Crippen molar-refractivity contribution in [3.8, 4) is 0 Å². The van der Waals surface area contributed by atoms with Gasteiger partial charge in [-0.2, -0.15) is 0 Å². The molecule has 0 N–H and O–H groups in total. The van der Waals surface area contributed by atoms with Crippen molar-refractivity contribution in [2.75, 3.05) is 6.61 Å². The van der Waals surface area contributed by atoms with Gasteiger partial charge in [-0.25, -0.2) is 0 Å². The van der Waals surface area contributed by atoms with Crippen LogP contribution in [0.1, 0.15) is 56.1 Å². The van der Waals surface area contributed by atoms with Crippen molar-refractivity contribution in [1.82, 2.24) is 0 Å². The van der Waals surface area contributed by atoms with Crippen molar-refractivity contribution in [3.05, 3.63) is 60.7 Å². The van der Waals surface area contributed by atoms with Crippen molar-refractivity contribution in [2.45, 2.75) is 58.0 Å². The van der Waals surface area contributed by atoms with Crippen LogP contribution in [0, 0.1) is 11.8 Å². The zero-order chi connectivity index (χ0) is 16.3. The summed E-state index contributed by atoms with van der Waals surface area (Å²) in [6.07, 6.45) is 14.2. The molecule has 0 amide bonds. The summed E-state index contributed by atoms with van der Waals surface area (Å²) >= 11 is 0. The lowest BCUT2D eigenvalue weighted by molar-refractivity contribution is 0.119. The SMILES string of the molecule is C=CCCCOCc1ccc(CC[C@H]2CC[C@H](C=C)CC2)cc1. The smallest absolute Gasteiger partial charge is 0.0716 e. The van der Waals surface area contributed by atoms with Crippen LogP contribution in [0.2, 0.25) is 0 Å². The highest BCUT2D eigenvalue weighted by molar-refractivity contribution is 5.22. The first-order chi connectivity index (χ1) is 11.3. The van der Waals surface area contributed by atoms with E-state index in [0.717, 1.165) is 37.9 Å². The summed E-state index contributed by atoms with van der Waals surface area (Å²) < 4.78 is 5.68. The second-order valence-corrected chi connectivity index (χ2v) is 6.86. The summed E-state index contributed by atoms with van der Waals surface area (Å²) in [6.45, 7) is 9.20. The molecule has 0 heterocycles. The summed E-state index contributed by atoms with van der Waals surface area (Å²) in [4.78, 5) is 0. The third kappa shape index (κ3) is 6.74. The van der Waals surface area contributed by atoms with Crippen LogP contribution in [0.15, 0.2) is 49.6 Å². The van der Waals surface area contributed by atoms with Crippen LogP contribution < -0.4 is 0 Å². The molecule has 1 aromatic rings. The number of hydrogen-bond donors (Lipinski definition) is 0. The van der Waals surface area contributed by atoms with E-state index in [2.05, 4.69) is 43.5 Å². The Kier molecular flexibility index (Phi) is 8.17. The molecule has 2 rings (SSSR count). The van der Waals surface area contributed by atoms with Gasteiger partial charge in [0.15, 0.2) is 0 Å². The highest BCUT2D eigenvalue weighted by Gasteiger charge is 2.18. The van der Waals surface area contributed by atoms with Gasteiger partial charge in [-0.05, 0) is 74.3 Å². The first-order valence-corrected chi connectivity index (χ1v) is 9.21. The largest absolute Gasteiger partial charge is 0.377 e. The lowest BCUT2D eigenvalue weighted by Gasteiger charge is -2.26. The van der Waals surface area contributed by atoms with Gasteiger partial charge >= 0.3 is 0 Å². The average molecular weight is 312 g/mol. The minimum atomic E-state index is 0.725. The molecule has 23 heavy (non-hydrogen) atoms.